The Morgan fingerprint density at radius 2 is 0.944 bits per heavy atom. The van der Waals surface area contributed by atoms with Gasteiger partial charge in [0.1, 0.15) is 37.9 Å². The predicted molar refractivity (Wildman–Crippen MR) is 74.3 cm³/mol. The zero-order valence-electron chi connectivity index (χ0n) is 12.5. The fraction of sp³-hybridized carbons (Fsp3) is 1.00. The molecule has 0 aliphatic carbocycles. The summed E-state index contributed by atoms with van der Waals surface area (Å²) >= 11 is 0. The molecule has 3 unspecified atom stereocenters. The number of nitrogens with zero attached hydrogens (tertiary/aromatic N) is 1. The first kappa shape index (κ1) is 17.8. The first-order valence-corrected chi connectivity index (χ1v) is 7.32. The van der Waals surface area contributed by atoms with E-state index >= 15 is 0 Å². The van der Waals surface area contributed by atoms with Gasteiger partial charge >= 0.3 is 0 Å². The van der Waals surface area contributed by atoms with Crippen LogP contribution in [0.15, 0.2) is 0 Å². The van der Waals surface area contributed by atoms with E-state index in [4.69, 9.17) is 0 Å². The summed E-state index contributed by atoms with van der Waals surface area (Å²) in [5.74, 6) is 0. The summed E-state index contributed by atoms with van der Waals surface area (Å²) in [5.41, 5.74) is 0. The van der Waals surface area contributed by atoms with Crippen molar-refractivity contribution < 1.29 is 19.8 Å². The van der Waals surface area contributed by atoms with Crippen molar-refractivity contribution in [2.45, 2.75) is 65.3 Å². The molecule has 0 aromatic heterocycles. The van der Waals surface area contributed by atoms with Gasteiger partial charge in [-0.1, -0.05) is 20.8 Å². The molecule has 4 heteroatoms. The minimum absolute atomic E-state index is 0.363. The molecule has 0 saturated carbocycles. The standard InChI is InChI=1S/C14H32NO3/c1-5-12(16)9-15(8-4,10-13(17)6-2)11-14(18)7-3/h12-14,16-18H,5-11H2,1-4H3/q+1. The van der Waals surface area contributed by atoms with Gasteiger partial charge in [0.2, 0.25) is 0 Å². The Balaban J connectivity index is 4.81. The van der Waals surface area contributed by atoms with E-state index in [1.165, 1.54) is 0 Å². The molecule has 4 nitrogen and oxygen atoms in total. The molecule has 0 aromatic carbocycles. The van der Waals surface area contributed by atoms with Crippen molar-refractivity contribution in [2.75, 3.05) is 26.2 Å². The molecule has 0 rings (SSSR count). The fourth-order valence-corrected chi connectivity index (χ4v) is 2.34. The van der Waals surface area contributed by atoms with Gasteiger partial charge in [-0.25, -0.2) is 0 Å². The molecule has 0 aromatic rings. The maximum Gasteiger partial charge on any atom is 0.105 e. The van der Waals surface area contributed by atoms with Crippen LogP contribution >= 0.6 is 0 Å². The zero-order chi connectivity index (χ0) is 14.2. The van der Waals surface area contributed by atoms with Crippen molar-refractivity contribution in [3.05, 3.63) is 0 Å². The highest BCUT2D eigenvalue weighted by Gasteiger charge is 2.32. The number of hydrogen-bond donors (Lipinski definition) is 3. The van der Waals surface area contributed by atoms with E-state index in [2.05, 4.69) is 6.92 Å². The van der Waals surface area contributed by atoms with Crippen molar-refractivity contribution >= 4 is 0 Å². The number of aliphatic hydroxyl groups is 3. The Bertz CT molecular complexity index is 180. The van der Waals surface area contributed by atoms with Crippen LogP contribution in [0.5, 0.6) is 0 Å². The third kappa shape index (κ3) is 6.14. The Morgan fingerprint density at radius 1 is 0.667 bits per heavy atom. The first-order chi connectivity index (χ1) is 8.42. The largest absolute Gasteiger partial charge is 0.387 e. The molecular weight excluding hydrogens is 230 g/mol. The second kappa shape index (κ2) is 8.86. The molecule has 0 aliphatic heterocycles. The molecule has 0 spiro atoms. The molecule has 3 atom stereocenters. The van der Waals surface area contributed by atoms with Gasteiger partial charge in [-0.15, -0.1) is 0 Å². The van der Waals surface area contributed by atoms with Gasteiger partial charge in [0.05, 0.1) is 6.54 Å². The summed E-state index contributed by atoms with van der Waals surface area (Å²) in [5, 5.41) is 29.8. The molecule has 0 aliphatic rings. The van der Waals surface area contributed by atoms with E-state index in [-0.39, 0.29) is 18.3 Å². The highest BCUT2D eigenvalue weighted by atomic mass is 16.3. The molecule has 0 radical (unpaired) electrons. The SMILES string of the molecule is CCC(O)C[N+](CC)(CC(O)CC)CC(O)CC. The summed E-state index contributed by atoms with van der Waals surface area (Å²) in [7, 11) is 0. The van der Waals surface area contributed by atoms with E-state index in [1.54, 1.807) is 0 Å². The van der Waals surface area contributed by atoms with E-state index in [1.807, 2.05) is 20.8 Å². The van der Waals surface area contributed by atoms with Crippen LogP contribution in [0.4, 0.5) is 0 Å². The van der Waals surface area contributed by atoms with Gasteiger partial charge in [0.25, 0.3) is 0 Å². The minimum Gasteiger partial charge on any atom is -0.387 e. The molecular formula is C14H32NO3+. The van der Waals surface area contributed by atoms with Gasteiger partial charge in [0.15, 0.2) is 0 Å². The van der Waals surface area contributed by atoms with Gasteiger partial charge in [-0.2, -0.15) is 0 Å². The monoisotopic (exact) mass is 262 g/mol. The zero-order valence-corrected chi connectivity index (χ0v) is 12.5. The third-order valence-corrected chi connectivity index (χ3v) is 3.88. The molecule has 0 heterocycles. The Labute approximate surface area is 112 Å². The topological polar surface area (TPSA) is 60.7 Å². The molecule has 0 amide bonds. The number of aliphatic hydroxyl groups excluding tert-OH is 3. The maximum atomic E-state index is 9.92. The molecule has 110 valence electrons. The average Bonchev–Trinajstić information content (AvgIpc) is 2.37. The summed E-state index contributed by atoms with van der Waals surface area (Å²) < 4.78 is 0.596. The molecule has 18 heavy (non-hydrogen) atoms. The summed E-state index contributed by atoms with van der Waals surface area (Å²) in [6.45, 7) is 10.6. The average molecular weight is 262 g/mol. The predicted octanol–water partition coefficient (Wildman–Crippen LogP) is 1.14. The van der Waals surface area contributed by atoms with Crippen molar-refractivity contribution in [2.24, 2.45) is 0 Å². The normalized spacial score (nSPS) is 20.2. The molecule has 0 saturated heterocycles. The lowest BCUT2D eigenvalue weighted by Crippen LogP contribution is -2.58. The molecule has 0 bridgehead atoms. The van der Waals surface area contributed by atoms with Crippen molar-refractivity contribution in [3.8, 4) is 0 Å². The van der Waals surface area contributed by atoms with Crippen LogP contribution in [0.3, 0.4) is 0 Å². The van der Waals surface area contributed by atoms with Crippen molar-refractivity contribution in [1.82, 2.24) is 0 Å². The van der Waals surface area contributed by atoms with Gasteiger partial charge in [-0.3, -0.25) is 0 Å². The van der Waals surface area contributed by atoms with E-state index in [9.17, 15) is 15.3 Å². The Morgan fingerprint density at radius 3 is 1.11 bits per heavy atom. The smallest absolute Gasteiger partial charge is 0.105 e. The van der Waals surface area contributed by atoms with Crippen LogP contribution in [0.2, 0.25) is 0 Å². The lowest BCUT2D eigenvalue weighted by Gasteiger charge is -2.41. The Kier molecular flexibility index (Phi) is 8.78. The number of quaternary nitrogens is 1. The number of rotatable bonds is 10. The third-order valence-electron chi connectivity index (χ3n) is 3.88. The van der Waals surface area contributed by atoms with Crippen molar-refractivity contribution in [3.63, 3.8) is 0 Å². The van der Waals surface area contributed by atoms with Gasteiger partial charge in [0, 0.05) is 0 Å². The van der Waals surface area contributed by atoms with Crippen LogP contribution in [0.1, 0.15) is 47.0 Å². The molecule has 3 N–H and O–H groups in total. The molecule has 0 fully saturated rings. The quantitative estimate of drug-likeness (QED) is 0.517. The Hall–Kier alpha value is -0.160. The second-order valence-corrected chi connectivity index (χ2v) is 5.39. The van der Waals surface area contributed by atoms with Crippen LogP contribution < -0.4 is 0 Å². The summed E-state index contributed by atoms with van der Waals surface area (Å²) in [6, 6.07) is 0. The number of hydrogen-bond acceptors (Lipinski definition) is 3. The van der Waals surface area contributed by atoms with E-state index in [0.29, 0.717) is 43.4 Å². The van der Waals surface area contributed by atoms with Crippen LogP contribution in [-0.4, -0.2) is 64.3 Å². The highest BCUT2D eigenvalue weighted by Crippen LogP contribution is 2.15. The second-order valence-electron chi connectivity index (χ2n) is 5.39. The number of likely N-dealkylation sites (N-methyl/N-ethyl adjacent to an activating group) is 1. The van der Waals surface area contributed by atoms with Gasteiger partial charge in [-0.05, 0) is 26.2 Å². The van der Waals surface area contributed by atoms with Gasteiger partial charge < -0.3 is 19.8 Å². The van der Waals surface area contributed by atoms with Crippen LogP contribution in [0.25, 0.3) is 0 Å². The lowest BCUT2D eigenvalue weighted by molar-refractivity contribution is -0.934. The fourth-order valence-electron chi connectivity index (χ4n) is 2.34. The summed E-state index contributed by atoms with van der Waals surface area (Å²) in [6.07, 6.45) is 1.05. The van der Waals surface area contributed by atoms with Crippen LogP contribution in [0, 0.1) is 0 Å². The first-order valence-electron chi connectivity index (χ1n) is 7.32. The lowest BCUT2D eigenvalue weighted by atomic mass is 10.1. The summed E-state index contributed by atoms with van der Waals surface area (Å²) in [4.78, 5) is 0. The highest BCUT2D eigenvalue weighted by molar-refractivity contribution is 4.61. The van der Waals surface area contributed by atoms with E-state index < -0.39 is 0 Å². The van der Waals surface area contributed by atoms with Crippen LogP contribution in [-0.2, 0) is 0 Å². The minimum atomic E-state index is -0.363. The van der Waals surface area contributed by atoms with E-state index in [0.717, 1.165) is 6.54 Å². The van der Waals surface area contributed by atoms with Crippen molar-refractivity contribution in [1.29, 1.82) is 0 Å². The maximum absolute atomic E-state index is 9.92.